The van der Waals surface area contributed by atoms with Gasteiger partial charge in [0, 0.05) is 36.0 Å². The van der Waals surface area contributed by atoms with Gasteiger partial charge in [-0.05, 0) is 25.0 Å². The van der Waals surface area contributed by atoms with Gasteiger partial charge in [-0.3, -0.25) is 10.1 Å². The number of anilines is 1. The van der Waals surface area contributed by atoms with Crippen LogP contribution in [0, 0.1) is 10.1 Å². The molecule has 0 unspecified atom stereocenters. The minimum Gasteiger partial charge on any atom is -0.496 e. The first kappa shape index (κ1) is 19.6. The minimum atomic E-state index is -0.489. The van der Waals surface area contributed by atoms with E-state index in [9.17, 15) is 10.1 Å². The Balaban J connectivity index is 1.45. The largest absolute Gasteiger partial charge is 0.496 e. The van der Waals surface area contributed by atoms with Crippen LogP contribution in [0.1, 0.15) is 23.8 Å². The fourth-order valence-corrected chi connectivity index (χ4v) is 4.82. The standard InChI is InChI=1S/C20H19ClN4O3S/c1-28-18-5-3-2-4-15(18)17-12-29-20(23-17)13-6-8-24(9-7-13)19-16(21)10-14(11-22-19)25(26)27/h2-5,10-13H,6-9H2,1H3. The van der Waals surface area contributed by atoms with Crippen LogP contribution in [0.4, 0.5) is 11.5 Å². The molecule has 1 saturated heterocycles. The summed E-state index contributed by atoms with van der Waals surface area (Å²) in [6.45, 7) is 1.55. The fourth-order valence-electron chi connectivity index (χ4n) is 3.55. The van der Waals surface area contributed by atoms with Crippen LogP contribution in [0.5, 0.6) is 5.75 Å². The van der Waals surface area contributed by atoms with E-state index in [0.29, 0.717) is 16.8 Å². The van der Waals surface area contributed by atoms with E-state index in [4.69, 9.17) is 21.3 Å². The van der Waals surface area contributed by atoms with Gasteiger partial charge in [0.1, 0.15) is 17.8 Å². The summed E-state index contributed by atoms with van der Waals surface area (Å²) in [6.07, 6.45) is 3.11. The van der Waals surface area contributed by atoms with Crippen LogP contribution in [0.2, 0.25) is 5.02 Å². The molecule has 1 aliphatic rings. The number of nitro groups is 1. The van der Waals surface area contributed by atoms with E-state index >= 15 is 0 Å². The molecule has 0 bridgehead atoms. The molecular formula is C20H19ClN4O3S. The number of halogens is 1. The van der Waals surface area contributed by atoms with Crippen LogP contribution < -0.4 is 9.64 Å². The molecule has 3 aromatic rings. The SMILES string of the molecule is COc1ccccc1-c1csc(C2CCN(c3ncc([N+](=O)[O-])cc3Cl)CC2)n1. The highest BCUT2D eigenvalue weighted by atomic mass is 35.5. The summed E-state index contributed by atoms with van der Waals surface area (Å²) in [6, 6.07) is 9.24. The number of ether oxygens (including phenoxy) is 1. The molecule has 150 valence electrons. The van der Waals surface area contributed by atoms with Gasteiger partial charge in [-0.1, -0.05) is 23.7 Å². The number of pyridine rings is 1. The first-order valence-corrected chi connectivity index (χ1v) is 10.5. The van der Waals surface area contributed by atoms with Crippen molar-refractivity contribution in [3.63, 3.8) is 0 Å². The number of thiazole rings is 1. The average Bonchev–Trinajstić information content (AvgIpc) is 3.24. The summed E-state index contributed by atoms with van der Waals surface area (Å²) in [5.41, 5.74) is 1.84. The number of methoxy groups -OCH3 is 1. The lowest BCUT2D eigenvalue weighted by Gasteiger charge is -2.32. The zero-order valence-electron chi connectivity index (χ0n) is 15.7. The van der Waals surface area contributed by atoms with Crippen LogP contribution in [-0.4, -0.2) is 35.1 Å². The van der Waals surface area contributed by atoms with E-state index in [1.54, 1.807) is 18.4 Å². The number of para-hydroxylation sites is 1. The third kappa shape index (κ3) is 4.04. The first-order chi connectivity index (χ1) is 14.1. The Hall–Kier alpha value is -2.71. The second-order valence-corrected chi connectivity index (χ2v) is 8.09. The number of nitrogens with zero attached hydrogens (tertiary/aromatic N) is 4. The van der Waals surface area contributed by atoms with Gasteiger partial charge in [-0.2, -0.15) is 0 Å². The van der Waals surface area contributed by atoms with Crippen molar-refractivity contribution >= 4 is 34.4 Å². The maximum absolute atomic E-state index is 10.9. The van der Waals surface area contributed by atoms with E-state index in [-0.39, 0.29) is 5.69 Å². The van der Waals surface area contributed by atoms with Crippen LogP contribution in [0.15, 0.2) is 41.9 Å². The van der Waals surface area contributed by atoms with Crippen molar-refractivity contribution in [3.05, 3.63) is 62.1 Å². The van der Waals surface area contributed by atoms with Crippen molar-refractivity contribution in [1.29, 1.82) is 0 Å². The Morgan fingerprint density at radius 3 is 2.76 bits per heavy atom. The number of benzene rings is 1. The molecule has 0 atom stereocenters. The van der Waals surface area contributed by atoms with Crippen LogP contribution in [-0.2, 0) is 0 Å². The maximum atomic E-state index is 10.9. The van der Waals surface area contributed by atoms with E-state index in [1.807, 2.05) is 24.3 Å². The second-order valence-electron chi connectivity index (χ2n) is 6.79. The smallest absolute Gasteiger partial charge is 0.289 e. The van der Waals surface area contributed by atoms with Gasteiger partial charge in [0.25, 0.3) is 5.69 Å². The van der Waals surface area contributed by atoms with Crippen molar-refractivity contribution in [2.45, 2.75) is 18.8 Å². The van der Waals surface area contributed by atoms with E-state index in [2.05, 4.69) is 15.3 Å². The molecule has 0 N–H and O–H groups in total. The molecule has 3 heterocycles. The molecule has 0 radical (unpaired) electrons. The maximum Gasteiger partial charge on any atom is 0.289 e. The molecule has 0 aliphatic carbocycles. The van der Waals surface area contributed by atoms with Gasteiger partial charge in [0.15, 0.2) is 0 Å². The molecule has 1 fully saturated rings. The zero-order chi connectivity index (χ0) is 20.4. The number of hydrogen-bond donors (Lipinski definition) is 0. The molecule has 1 aliphatic heterocycles. The topological polar surface area (TPSA) is 81.4 Å². The molecule has 29 heavy (non-hydrogen) atoms. The predicted molar refractivity (Wildman–Crippen MR) is 114 cm³/mol. The Morgan fingerprint density at radius 2 is 2.07 bits per heavy atom. The Labute approximate surface area is 177 Å². The third-order valence-electron chi connectivity index (χ3n) is 5.07. The number of aromatic nitrogens is 2. The number of piperidine rings is 1. The van der Waals surface area contributed by atoms with Crippen molar-refractivity contribution in [3.8, 4) is 17.0 Å². The summed E-state index contributed by atoms with van der Waals surface area (Å²) in [4.78, 5) is 21.5. The van der Waals surface area contributed by atoms with E-state index < -0.39 is 4.92 Å². The van der Waals surface area contributed by atoms with Gasteiger partial charge < -0.3 is 9.64 Å². The van der Waals surface area contributed by atoms with Crippen molar-refractivity contribution in [1.82, 2.24) is 9.97 Å². The van der Waals surface area contributed by atoms with Gasteiger partial charge in [0.2, 0.25) is 0 Å². The van der Waals surface area contributed by atoms with Crippen LogP contribution in [0.3, 0.4) is 0 Å². The first-order valence-electron chi connectivity index (χ1n) is 9.20. The minimum absolute atomic E-state index is 0.0970. The van der Waals surface area contributed by atoms with Gasteiger partial charge in [-0.25, -0.2) is 9.97 Å². The van der Waals surface area contributed by atoms with Gasteiger partial charge in [0.05, 0.1) is 27.8 Å². The van der Waals surface area contributed by atoms with Crippen molar-refractivity contribution in [2.75, 3.05) is 25.1 Å². The molecular weight excluding hydrogens is 412 g/mol. The molecule has 7 nitrogen and oxygen atoms in total. The van der Waals surface area contributed by atoms with Crippen molar-refractivity contribution in [2.24, 2.45) is 0 Å². The fraction of sp³-hybridized carbons (Fsp3) is 0.300. The Morgan fingerprint density at radius 1 is 1.31 bits per heavy atom. The predicted octanol–water partition coefficient (Wildman–Crippen LogP) is 5.16. The molecule has 0 amide bonds. The summed E-state index contributed by atoms with van der Waals surface area (Å²) < 4.78 is 5.45. The number of rotatable bonds is 5. The molecule has 9 heteroatoms. The monoisotopic (exact) mass is 430 g/mol. The lowest BCUT2D eigenvalue weighted by atomic mass is 9.97. The summed E-state index contributed by atoms with van der Waals surface area (Å²) >= 11 is 7.90. The summed E-state index contributed by atoms with van der Waals surface area (Å²) in [7, 11) is 1.67. The summed E-state index contributed by atoms with van der Waals surface area (Å²) in [5.74, 6) is 1.79. The molecule has 2 aromatic heterocycles. The van der Waals surface area contributed by atoms with Crippen molar-refractivity contribution < 1.29 is 9.66 Å². The lowest BCUT2D eigenvalue weighted by molar-refractivity contribution is -0.385. The molecule has 4 rings (SSSR count). The average molecular weight is 431 g/mol. The van der Waals surface area contributed by atoms with Crippen LogP contribution in [0.25, 0.3) is 11.3 Å². The molecule has 0 saturated carbocycles. The highest BCUT2D eigenvalue weighted by molar-refractivity contribution is 7.10. The molecule has 1 aromatic carbocycles. The summed E-state index contributed by atoms with van der Waals surface area (Å²) in [5, 5.41) is 14.4. The highest BCUT2D eigenvalue weighted by Crippen LogP contribution is 2.37. The van der Waals surface area contributed by atoms with Crippen LogP contribution >= 0.6 is 22.9 Å². The molecule has 0 spiro atoms. The van der Waals surface area contributed by atoms with Gasteiger partial charge >= 0.3 is 0 Å². The Kier molecular flexibility index (Phi) is 5.64. The zero-order valence-corrected chi connectivity index (χ0v) is 17.3. The quantitative estimate of drug-likeness (QED) is 0.410. The third-order valence-corrected chi connectivity index (χ3v) is 6.35. The second kappa shape index (κ2) is 8.34. The van der Waals surface area contributed by atoms with E-state index in [0.717, 1.165) is 47.9 Å². The lowest BCUT2D eigenvalue weighted by Crippen LogP contribution is -2.33. The normalized spacial score (nSPS) is 14.8. The Bertz CT molecular complexity index is 1030. The van der Waals surface area contributed by atoms with Gasteiger partial charge in [-0.15, -0.1) is 11.3 Å². The number of hydrogen-bond acceptors (Lipinski definition) is 7. The highest BCUT2D eigenvalue weighted by Gasteiger charge is 2.26. The van der Waals surface area contributed by atoms with E-state index in [1.165, 1.54) is 12.3 Å².